The highest BCUT2D eigenvalue weighted by atomic mass is 16.5. The summed E-state index contributed by atoms with van der Waals surface area (Å²) in [6, 6.07) is 24.9. The standard InChI is InChI=1S/C29H35N3O2/c1-21-8-12-24(13-9-21)20-28(29(33)32-16-18-34-19-17-32)31-27-7-5-4-6-26(27)30-23(3)25-14-10-22(2)11-15-25/h4-15,23,28,30-31H,16-20H2,1-3H3. The van der Waals surface area contributed by atoms with Gasteiger partial charge in [0.15, 0.2) is 0 Å². The van der Waals surface area contributed by atoms with Gasteiger partial charge in [-0.2, -0.15) is 0 Å². The molecule has 0 spiro atoms. The summed E-state index contributed by atoms with van der Waals surface area (Å²) >= 11 is 0. The molecule has 1 saturated heterocycles. The van der Waals surface area contributed by atoms with Crippen LogP contribution in [0.15, 0.2) is 72.8 Å². The van der Waals surface area contributed by atoms with Crippen LogP contribution in [0.25, 0.3) is 0 Å². The summed E-state index contributed by atoms with van der Waals surface area (Å²) in [6.45, 7) is 8.79. The zero-order chi connectivity index (χ0) is 23.9. The molecule has 0 radical (unpaired) electrons. The second-order valence-corrected chi connectivity index (χ2v) is 9.15. The molecule has 2 unspecified atom stereocenters. The average Bonchev–Trinajstić information content (AvgIpc) is 2.86. The van der Waals surface area contributed by atoms with Crippen LogP contribution in [-0.4, -0.2) is 43.2 Å². The Morgan fingerprint density at radius 2 is 1.41 bits per heavy atom. The number of benzene rings is 3. The first-order valence-electron chi connectivity index (χ1n) is 12.1. The van der Waals surface area contributed by atoms with E-state index in [2.05, 4.69) is 86.0 Å². The van der Waals surface area contributed by atoms with Crippen molar-refractivity contribution in [3.8, 4) is 0 Å². The highest BCUT2D eigenvalue weighted by Gasteiger charge is 2.27. The van der Waals surface area contributed by atoms with E-state index in [-0.39, 0.29) is 18.0 Å². The molecule has 3 aromatic rings. The molecule has 1 heterocycles. The number of ether oxygens (including phenoxy) is 1. The minimum absolute atomic E-state index is 0.116. The van der Waals surface area contributed by atoms with Gasteiger partial charge in [-0.25, -0.2) is 0 Å². The molecule has 2 atom stereocenters. The summed E-state index contributed by atoms with van der Waals surface area (Å²) in [5.41, 5.74) is 6.75. The van der Waals surface area contributed by atoms with Crippen LogP contribution in [0, 0.1) is 13.8 Å². The molecule has 34 heavy (non-hydrogen) atoms. The molecule has 1 amide bonds. The minimum atomic E-state index is -0.363. The molecule has 4 rings (SSSR count). The lowest BCUT2D eigenvalue weighted by atomic mass is 10.0. The Bertz CT molecular complexity index is 1070. The SMILES string of the molecule is Cc1ccc(CC(Nc2ccccc2NC(C)c2ccc(C)cc2)C(=O)N2CCOCC2)cc1. The number of morpholine rings is 1. The Labute approximate surface area is 203 Å². The molecule has 5 heteroatoms. The Balaban J connectivity index is 1.55. The van der Waals surface area contributed by atoms with Crippen LogP contribution < -0.4 is 10.6 Å². The number of aryl methyl sites for hydroxylation is 2. The molecule has 0 aliphatic carbocycles. The number of carbonyl (C=O) groups is 1. The lowest BCUT2D eigenvalue weighted by Gasteiger charge is -2.32. The van der Waals surface area contributed by atoms with Crippen LogP contribution in [0.4, 0.5) is 11.4 Å². The number of hydrogen-bond donors (Lipinski definition) is 2. The first-order valence-corrected chi connectivity index (χ1v) is 12.1. The van der Waals surface area contributed by atoms with Crippen molar-refractivity contribution < 1.29 is 9.53 Å². The maximum absolute atomic E-state index is 13.5. The third kappa shape index (κ3) is 6.17. The fraction of sp³-hybridized carbons (Fsp3) is 0.345. The number of amides is 1. The normalized spacial score (nSPS) is 15.4. The highest BCUT2D eigenvalue weighted by Crippen LogP contribution is 2.28. The van der Waals surface area contributed by atoms with Crippen molar-refractivity contribution in [3.05, 3.63) is 95.1 Å². The van der Waals surface area contributed by atoms with E-state index >= 15 is 0 Å². The van der Waals surface area contributed by atoms with Crippen molar-refractivity contribution in [2.75, 3.05) is 36.9 Å². The second kappa shape index (κ2) is 11.2. The summed E-state index contributed by atoms with van der Waals surface area (Å²) < 4.78 is 5.47. The molecule has 0 saturated carbocycles. The summed E-state index contributed by atoms with van der Waals surface area (Å²) in [7, 11) is 0. The fourth-order valence-electron chi connectivity index (χ4n) is 4.26. The van der Waals surface area contributed by atoms with Gasteiger partial charge >= 0.3 is 0 Å². The first kappa shape index (κ1) is 23.8. The maximum atomic E-state index is 13.5. The summed E-state index contributed by atoms with van der Waals surface area (Å²) in [5.74, 6) is 0.116. The van der Waals surface area contributed by atoms with Crippen molar-refractivity contribution in [1.29, 1.82) is 0 Å². The summed E-state index contributed by atoms with van der Waals surface area (Å²) in [6.07, 6.45) is 0.623. The number of nitrogens with one attached hydrogen (secondary N) is 2. The van der Waals surface area contributed by atoms with E-state index in [0.717, 1.165) is 16.9 Å². The maximum Gasteiger partial charge on any atom is 0.245 e. The van der Waals surface area contributed by atoms with Gasteiger partial charge in [-0.15, -0.1) is 0 Å². The van der Waals surface area contributed by atoms with E-state index in [1.54, 1.807) is 0 Å². The van der Waals surface area contributed by atoms with E-state index in [1.807, 2.05) is 23.1 Å². The molecule has 1 aliphatic heterocycles. The molecular formula is C29H35N3O2. The quantitative estimate of drug-likeness (QED) is 0.478. The lowest BCUT2D eigenvalue weighted by Crippen LogP contribution is -2.48. The monoisotopic (exact) mass is 457 g/mol. The topological polar surface area (TPSA) is 53.6 Å². The van der Waals surface area contributed by atoms with Gasteiger partial charge in [0, 0.05) is 25.6 Å². The third-order valence-electron chi connectivity index (χ3n) is 6.39. The number of nitrogens with zero attached hydrogens (tertiary/aromatic N) is 1. The van der Waals surface area contributed by atoms with E-state index < -0.39 is 0 Å². The number of anilines is 2. The first-order chi connectivity index (χ1) is 16.5. The lowest BCUT2D eigenvalue weighted by molar-refractivity contribution is -0.136. The number of rotatable bonds is 8. The third-order valence-corrected chi connectivity index (χ3v) is 6.39. The number of hydrogen-bond acceptors (Lipinski definition) is 4. The van der Waals surface area contributed by atoms with Gasteiger partial charge in [-0.05, 0) is 44.0 Å². The van der Waals surface area contributed by atoms with Gasteiger partial charge in [0.05, 0.1) is 24.6 Å². The van der Waals surface area contributed by atoms with Crippen LogP contribution in [0.3, 0.4) is 0 Å². The predicted octanol–water partition coefficient (Wildman–Crippen LogP) is 5.36. The van der Waals surface area contributed by atoms with Crippen LogP contribution in [0.5, 0.6) is 0 Å². The Kier molecular flexibility index (Phi) is 7.86. The molecule has 3 aromatic carbocycles. The Morgan fingerprint density at radius 1 is 0.853 bits per heavy atom. The molecule has 2 N–H and O–H groups in total. The van der Waals surface area contributed by atoms with Gasteiger partial charge in [0.25, 0.3) is 0 Å². The number of carbonyl (C=O) groups excluding carboxylic acids is 1. The van der Waals surface area contributed by atoms with Crippen molar-refractivity contribution in [1.82, 2.24) is 4.90 Å². The summed E-state index contributed by atoms with van der Waals surface area (Å²) in [5, 5.41) is 7.21. The molecule has 1 aliphatic rings. The molecule has 5 nitrogen and oxygen atoms in total. The zero-order valence-corrected chi connectivity index (χ0v) is 20.4. The molecule has 0 aromatic heterocycles. The zero-order valence-electron chi connectivity index (χ0n) is 20.4. The van der Waals surface area contributed by atoms with Gasteiger partial charge in [-0.3, -0.25) is 4.79 Å². The van der Waals surface area contributed by atoms with E-state index in [9.17, 15) is 4.79 Å². The Morgan fingerprint density at radius 3 is 2.03 bits per heavy atom. The molecular weight excluding hydrogens is 422 g/mol. The van der Waals surface area contributed by atoms with Gasteiger partial charge in [0.1, 0.15) is 6.04 Å². The van der Waals surface area contributed by atoms with Crippen molar-refractivity contribution >= 4 is 17.3 Å². The highest BCUT2D eigenvalue weighted by molar-refractivity contribution is 5.86. The fourth-order valence-corrected chi connectivity index (χ4v) is 4.26. The van der Waals surface area contributed by atoms with Gasteiger partial charge in [0.2, 0.25) is 5.91 Å². The minimum Gasteiger partial charge on any atom is -0.378 e. The molecule has 178 valence electrons. The summed E-state index contributed by atoms with van der Waals surface area (Å²) in [4.78, 5) is 15.5. The average molecular weight is 458 g/mol. The van der Waals surface area contributed by atoms with Crippen molar-refractivity contribution in [2.45, 2.75) is 39.3 Å². The van der Waals surface area contributed by atoms with Crippen LogP contribution in [0.2, 0.25) is 0 Å². The van der Waals surface area contributed by atoms with Gasteiger partial charge < -0.3 is 20.3 Å². The van der Waals surface area contributed by atoms with Gasteiger partial charge in [-0.1, -0.05) is 71.8 Å². The van der Waals surface area contributed by atoms with E-state index in [0.29, 0.717) is 32.7 Å². The van der Waals surface area contributed by atoms with E-state index in [1.165, 1.54) is 16.7 Å². The number of para-hydroxylation sites is 2. The molecule has 1 fully saturated rings. The second-order valence-electron chi connectivity index (χ2n) is 9.15. The van der Waals surface area contributed by atoms with Crippen molar-refractivity contribution in [3.63, 3.8) is 0 Å². The van der Waals surface area contributed by atoms with E-state index in [4.69, 9.17) is 4.74 Å². The molecule has 0 bridgehead atoms. The van der Waals surface area contributed by atoms with Crippen LogP contribution in [0.1, 0.15) is 35.2 Å². The van der Waals surface area contributed by atoms with Crippen LogP contribution >= 0.6 is 0 Å². The van der Waals surface area contributed by atoms with Crippen molar-refractivity contribution in [2.24, 2.45) is 0 Å². The predicted molar refractivity (Wildman–Crippen MR) is 139 cm³/mol. The van der Waals surface area contributed by atoms with Crippen LogP contribution in [-0.2, 0) is 16.0 Å². The smallest absolute Gasteiger partial charge is 0.245 e. The largest absolute Gasteiger partial charge is 0.378 e. The Hall–Kier alpha value is -3.31.